The molecule has 3 unspecified atom stereocenters. The summed E-state index contributed by atoms with van der Waals surface area (Å²) in [6.45, 7) is 6.62. The normalized spacial score (nSPS) is 18.5. The van der Waals surface area contributed by atoms with Crippen molar-refractivity contribution in [3.8, 4) is 0 Å². The molecule has 1 aliphatic rings. The molecule has 4 atom stereocenters. The molecule has 2 rings (SSSR count). The van der Waals surface area contributed by atoms with Gasteiger partial charge in [0.25, 0.3) is 0 Å². The van der Waals surface area contributed by atoms with Crippen molar-refractivity contribution >= 4 is 29.8 Å². The molecule has 0 aromatic carbocycles. The average Bonchev–Trinajstić information content (AvgIpc) is 3.22. The van der Waals surface area contributed by atoms with Crippen molar-refractivity contribution in [1.82, 2.24) is 20.6 Å². The number of nitrogens with zero attached hydrogens (tertiary/aromatic N) is 2. The quantitative estimate of drug-likeness (QED) is 0.0504. The van der Waals surface area contributed by atoms with E-state index < -0.39 is 48.6 Å². The third kappa shape index (κ3) is 14.8. The molecule has 0 radical (unpaired) electrons. The molecule has 0 saturated carbocycles. The fourth-order valence-corrected chi connectivity index (χ4v) is 2.97. The van der Waals surface area contributed by atoms with Gasteiger partial charge in [0.15, 0.2) is 12.1 Å². The van der Waals surface area contributed by atoms with Crippen molar-refractivity contribution in [3.05, 3.63) is 34.6 Å². The molecular formula is C24H40N8O10. The molecular weight excluding hydrogens is 560 g/mol. The first-order chi connectivity index (χ1) is 19.8. The van der Waals surface area contributed by atoms with Crippen molar-refractivity contribution in [2.24, 2.45) is 16.5 Å². The zero-order chi connectivity index (χ0) is 31.7. The van der Waals surface area contributed by atoms with E-state index in [9.17, 15) is 19.2 Å². The number of aryl methyl sites for hydroxylation is 1. The maximum absolute atomic E-state index is 12.1. The van der Waals surface area contributed by atoms with E-state index in [2.05, 4.69) is 37.5 Å². The zero-order valence-electron chi connectivity index (χ0n) is 23.8. The van der Waals surface area contributed by atoms with Crippen molar-refractivity contribution in [1.29, 1.82) is 0 Å². The van der Waals surface area contributed by atoms with Crippen LogP contribution in [0.1, 0.15) is 25.3 Å². The van der Waals surface area contributed by atoms with E-state index >= 15 is 0 Å². The highest BCUT2D eigenvalue weighted by atomic mass is 16.6. The molecule has 10 N–H and O–H groups in total. The number of nitrogens with two attached hydrogens (primary N) is 2. The number of carbonyl (C=O) groups excluding carboxylic acids is 3. The molecule has 1 saturated heterocycles. The summed E-state index contributed by atoms with van der Waals surface area (Å²) in [5.41, 5.74) is 10.7. The fourth-order valence-electron chi connectivity index (χ4n) is 2.97. The van der Waals surface area contributed by atoms with Gasteiger partial charge in [0, 0.05) is 31.9 Å². The lowest BCUT2D eigenvalue weighted by molar-refractivity contribution is -0.161. The Balaban J connectivity index is 0.000000942. The fraction of sp³-hybridized carbons (Fsp3) is 0.583. The number of anilines is 1. The molecule has 1 aliphatic heterocycles. The Bertz CT molecular complexity index is 1120. The van der Waals surface area contributed by atoms with Crippen molar-refractivity contribution in [2.75, 3.05) is 45.3 Å². The van der Waals surface area contributed by atoms with Crippen LogP contribution in [-0.4, -0.2) is 109 Å². The van der Waals surface area contributed by atoms with E-state index in [0.29, 0.717) is 5.56 Å². The van der Waals surface area contributed by atoms with Gasteiger partial charge in [-0.15, -0.1) is 0 Å². The first-order valence-electron chi connectivity index (χ1n) is 12.8. The Morgan fingerprint density at radius 2 is 1.83 bits per heavy atom. The van der Waals surface area contributed by atoms with Gasteiger partial charge in [0.1, 0.15) is 31.2 Å². The highest BCUT2D eigenvalue weighted by molar-refractivity contribution is 5.84. The van der Waals surface area contributed by atoms with Gasteiger partial charge in [0.2, 0.25) is 0 Å². The number of esters is 2. The van der Waals surface area contributed by atoms with Crippen LogP contribution in [0.2, 0.25) is 0 Å². The van der Waals surface area contributed by atoms with Gasteiger partial charge in [-0.2, -0.15) is 0 Å². The Kier molecular flexibility index (Phi) is 16.0. The molecule has 1 fully saturated rings. The van der Waals surface area contributed by atoms with Crippen LogP contribution in [-0.2, 0) is 28.5 Å². The number of guanidine groups is 1. The lowest BCUT2D eigenvalue weighted by atomic mass is 10.2. The largest absolute Gasteiger partial charge is 0.462 e. The van der Waals surface area contributed by atoms with Gasteiger partial charge < -0.3 is 51.3 Å². The van der Waals surface area contributed by atoms with Gasteiger partial charge in [-0.05, 0) is 13.8 Å². The second-order valence-corrected chi connectivity index (χ2v) is 8.85. The second kappa shape index (κ2) is 18.8. The monoisotopic (exact) mass is 600 g/mol. The number of aromatic amines is 1. The average molecular weight is 601 g/mol. The smallest absolute Gasteiger partial charge is 0.412 e. The number of aliphatic hydroxyl groups excluding tert-OH is 2. The van der Waals surface area contributed by atoms with E-state index in [0.717, 1.165) is 0 Å². The van der Waals surface area contributed by atoms with Crippen molar-refractivity contribution < 1.29 is 43.5 Å². The highest BCUT2D eigenvalue weighted by Crippen LogP contribution is 2.12. The maximum atomic E-state index is 12.1. The number of carbonyl (C=O) groups is 3. The maximum Gasteiger partial charge on any atom is 0.412 e. The van der Waals surface area contributed by atoms with Crippen LogP contribution in [0.3, 0.4) is 0 Å². The van der Waals surface area contributed by atoms with Gasteiger partial charge in [-0.1, -0.05) is 6.58 Å². The summed E-state index contributed by atoms with van der Waals surface area (Å²) in [5, 5.41) is 25.4. The number of hydrogen-bond acceptors (Lipinski definition) is 14. The van der Waals surface area contributed by atoms with E-state index in [4.69, 9.17) is 40.6 Å². The van der Waals surface area contributed by atoms with Gasteiger partial charge in [0.05, 0.1) is 31.4 Å². The van der Waals surface area contributed by atoms with Crippen LogP contribution in [0.4, 0.5) is 10.6 Å². The summed E-state index contributed by atoms with van der Waals surface area (Å²) >= 11 is 0. The standard InChI is InChI=1S/C19H30N8O7.C5H10O3/c1-11-8-25-18(30)26-16(11)27-19(31)33-10-13(9-32-14(28)4-6-23-12(2)20)34-15(29)5-7-24-17(21)22-3;1-3-5(7)4(6)2-8-3/h8,13,23H,2,4-7,9-10,20H2,1,3H3,(H3,21,22,24)(H2,25,26,27,30,31);3-7H,2H2,1H3/t;3-,4?,5?/m.1/s1. The number of rotatable bonds is 13. The predicted molar refractivity (Wildman–Crippen MR) is 149 cm³/mol. The Morgan fingerprint density at radius 3 is 2.40 bits per heavy atom. The van der Waals surface area contributed by atoms with Crippen LogP contribution in [0.15, 0.2) is 28.4 Å². The zero-order valence-corrected chi connectivity index (χ0v) is 23.8. The summed E-state index contributed by atoms with van der Waals surface area (Å²) in [5.74, 6) is -0.807. The molecule has 1 aromatic rings. The van der Waals surface area contributed by atoms with E-state index in [1.165, 1.54) is 13.2 Å². The first-order valence-corrected chi connectivity index (χ1v) is 12.8. The molecule has 2 heterocycles. The second-order valence-electron chi connectivity index (χ2n) is 8.85. The molecule has 42 heavy (non-hydrogen) atoms. The third-order valence-corrected chi connectivity index (χ3v) is 5.32. The van der Waals surface area contributed by atoms with Crippen molar-refractivity contribution in [3.63, 3.8) is 0 Å². The van der Waals surface area contributed by atoms with Crippen LogP contribution in [0, 0.1) is 6.92 Å². The lowest BCUT2D eigenvalue weighted by Gasteiger charge is -2.18. The number of aliphatic hydroxyl groups is 2. The van der Waals surface area contributed by atoms with Crippen LogP contribution in [0.25, 0.3) is 0 Å². The minimum Gasteiger partial charge on any atom is -0.462 e. The molecule has 0 spiro atoms. The Hall–Kier alpha value is -4.42. The van der Waals surface area contributed by atoms with Gasteiger partial charge in [-0.25, -0.2) is 14.6 Å². The number of H-pyrrole nitrogens is 1. The molecule has 1 aromatic heterocycles. The summed E-state index contributed by atoms with van der Waals surface area (Å²) in [6, 6.07) is 0. The predicted octanol–water partition coefficient (Wildman–Crippen LogP) is -2.46. The number of aromatic nitrogens is 2. The minimum atomic E-state index is -1.09. The Morgan fingerprint density at radius 1 is 1.19 bits per heavy atom. The number of nitrogens with one attached hydrogen (secondary N) is 4. The molecule has 1 amide bonds. The summed E-state index contributed by atoms with van der Waals surface area (Å²) in [6.07, 6.45) is -2.41. The van der Waals surface area contributed by atoms with E-state index in [1.807, 2.05) is 0 Å². The molecule has 18 heteroatoms. The molecule has 0 aliphatic carbocycles. The number of aliphatic imine (C=N–C) groups is 1. The summed E-state index contributed by atoms with van der Waals surface area (Å²) in [7, 11) is 1.48. The Labute approximate surface area is 241 Å². The highest BCUT2D eigenvalue weighted by Gasteiger charge is 2.30. The van der Waals surface area contributed by atoms with Gasteiger partial charge >= 0.3 is 23.7 Å². The van der Waals surface area contributed by atoms with Crippen molar-refractivity contribution in [2.45, 2.75) is 51.1 Å². The number of amides is 1. The lowest BCUT2D eigenvalue weighted by Crippen LogP contribution is -2.35. The SMILES string of the molecule is C=C(N)NCCC(=O)OCC(COC(=O)Nc1[nH]c(=O)ncc1C)OC(=O)CCNC(N)=NC.C[C@H]1OCC(O)C1O. The summed E-state index contributed by atoms with van der Waals surface area (Å²) in [4.78, 5) is 57.0. The topological polar surface area (TPSA) is 275 Å². The van der Waals surface area contributed by atoms with E-state index in [-0.39, 0.29) is 62.8 Å². The summed E-state index contributed by atoms with van der Waals surface area (Å²) < 4.78 is 20.3. The van der Waals surface area contributed by atoms with Crippen LogP contribution >= 0.6 is 0 Å². The number of hydrogen-bond donors (Lipinski definition) is 8. The molecule has 236 valence electrons. The molecule has 18 nitrogen and oxygen atoms in total. The van der Waals surface area contributed by atoms with Gasteiger partial charge in [-0.3, -0.25) is 24.9 Å². The minimum absolute atomic E-state index is 0.0214. The molecule has 0 bridgehead atoms. The first kappa shape index (κ1) is 35.6. The van der Waals surface area contributed by atoms with Crippen LogP contribution < -0.4 is 33.1 Å². The number of ether oxygens (including phenoxy) is 4. The van der Waals surface area contributed by atoms with E-state index in [1.54, 1.807) is 13.8 Å². The van der Waals surface area contributed by atoms with Crippen LogP contribution in [0.5, 0.6) is 0 Å². The third-order valence-electron chi connectivity index (χ3n) is 5.32.